The summed E-state index contributed by atoms with van der Waals surface area (Å²) in [4.78, 5) is 6.76. The summed E-state index contributed by atoms with van der Waals surface area (Å²) in [5.41, 5.74) is -0.111. The van der Waals surface area contributed by atoms with Crippen LogP contribution in [0.4, 0.5) is 8.78 Å². The van der Waals surface area contributed by atoms with E-state index in [2.05, 4.69) is 22.9 Å². The number of unbranched alkanes of at least 4 members (excludes halogenated alkanes) is 1. The number of nitrogens with zero attached hydrogens (tertiary/aromatic N) is 3. The normalized spacial score (nSPS) is 17.9. The number of rotatable bonds is 11. The minimum absolute atomic E-state index is 0.186. The summed E-state index contributed by atoms with van der Waals surface area (Å²) in [7, 11) is 1.70. The molecule has 0 amide bonds. The Kier molecular flexibility index (Phi) is 8.82. The second-order valence-corrected chi connectivity index (χ2v) is 11.7. The Balaban J connectivity index is 1.41. The lowest BCUT2D eigenvalue weighted by Gasteiger charge is -2.26. The maximum Gasteiger partial charge on any atom is 0.302 e. The van der Waals surface area contributed by atoms with E-state index < -0.39 is 5.66 Å². The third-order valence-electron chi connectivity index (χ3n) is 7.68. The Morgan fingerprint density at radius 1 is 0.953 bits per heavy atom. The molecule has 1 fully saturated rings. The van der Waals surface area contributed by atoms with Crippen molar-refractivity contribution in [2.45, 2.75) is 51.4 Å². The van der Waals surface area contributed by atoms with Crippen LogP contribution in [0.25, 0.3) is 11.4 Å². The zero-order valence-electron chi connectivity index (χ0n) is 24.2. The van der Waals surface area contributed by atoms with E-state index in [9.17, 15) is 0 Å². The van der Waals surface area contributed by atoms with Gasteiger partial charge in [-0.2, -0.15) is 8.78 Å². The quantitative estimate of drug-likeness (QED) is 0.250. The van der Waals surface area contributed by atoms with Gasteiger partial charge in [0.15, 0.2) is 5.76 Å². The standard InChI is InChI=1S/C33H36F2N3O4P/c1-2-3-14-38-28(31(33(34,35)43)36-32(38)25-9-5-4-6-10-25)20-37(18-23-8-7-11-29-30(16-23)42-22-41-29)19-24-12-13-26-17-27(15-24)40-21-39-26/h4-10,12-13,15-16H,2-3,11,14,17-22,43H2,1H3. The van der Waals surface area contributed by atoms with Crippen molar-refractivity contribution in [2.24, 2.45) is 0 Å². The number of imidazole rings is 1. The highest BCUT2D eigenvalue weighted by molar-refractivity contribution is 7.17. The largest absolute Gasteiger partial charge is 0.461 e. The molecule has 226 valence electrons. The highest BCUT2D eigenvalue weighted by Gasteiger charge is 2.35. The van der Waals surface area contributed by atoms with Crippen LogP contribution in [0.2, 0.25) is 0 Å². The summed E-state index contributed by atoms with van der Waals surface area (Å²) in [5.74, 6) is 3.76. The molecule has 1 unspecified atom stereocenters. The van der Waals surface area contributed by atoms with E-state index in [1.54, 1.807) is 9.24 Å². The Morgan fingerprint density at radius 3 is 2.56 bits per heavy atom. The second-order valence-electron chi connectivity index (χ2n) is 11.0. The van der Waals surface area contributed by atoms with Gasteiger partial charge < -0.3 is 23.5 Å². The number of benzene rings is 1. The van der Waals surface area contributed by atoms with Crippen molar-refractivity contribution in [3.05, 3.63) is 112 Å². The molecule has 3 heterocycles. The first kappa shape index (κ1) is 29.4. The number of alkyl halides is 2. The molecule has 0 spiro atoms. The van der Waals surface area contributed by atoms with Crippen molar-refractivity contribution in [1.29, 1.82) is 0 Å². The molecule has 1 aromatic carbocycles. The van der Waals surface area contributed by atoms with Crippen molar-refractivity contribution in [1.82, 2.24) is 14.5 Å². The number of ether oxygens (including phenoxy) is 4. The summed E-state index contributed by atoms with van der Waals surface area (Å²) in [6.07, 6.45) is 15.1. The molecule has 0 N–H and O–H groups in total. The monoisotopic (exact) mass is 607 g/mol. The molecule has 2 aromatic rings. The zero-order chi connectivity index (χ0) is 29.8. The molecule has 0 radical (unpaired) electrons. The van der Waals surface area contributed by atoms with Crippen LogP contribution in [-0.2, 0) is 37.7 Å². The molecule has 2 aliphatic heterocycles. The number of aromatic nitrogens is 2. The third kappa shape index (κ3) is 6.94. The van der Waals surface area contributed by atoms with Crippen LogP contribution in [0.15, 0.2) is 101 Å². The highest BCUT2D eigenvalue weighted by atomic mass is 31.0. The molecular weight excluding hydrogens is 571 g/mol. The van der Waals surface area contributed by atoms with Crippen LogP contribution >= 0.6 is 9.24 Å². The maximum atomic E-state index is 15.3. The van der Waals surface area contributed by atoms with E-state index in [1.807, 2.05) is 65.3 Å². The van der Waals surface area contributed by atoms with Crippen molar-refractivity contribution in [3.8, 4) is 11.4 Å². The molecule has 10 heteroatoms. The first-order valence-corrected chi connectivity index (χ1v) is 15.2. The topological polar surface area (TPSA) is 58.0 Å². The number of hydrogen-bond donors (Lipinski definition) is 0. The van der Waals surface area contributed by atoms with Crippen LogP contribution in [-0.4, -0.2) is 41.1 Å². The van der Waals surface area contributed by atoms with E-state index in [0.29, 0.717) is 44.0 Å². The van der Waals surface area contributed by atoms with Gasteiger partial charge in [0.1, 0.15) is 28.8 Å². The molecule has 0 saturated carbocycles. The molecule has 1 atom stereocenters. The summed E-state index contributed by atoms with van der Waals surface area (Å²) in [6.45, 7) is 4.32. The highest BCUT2D eigenvalue weighted by Crippen LogP contribution is 2.39. The van der Waals surface area contributed by atoms with E-state index in [-0.39, 0.29) is 25.8 Å². The van der Waals surface area contributed by atoms with Crippen LogP contribution < -0.4 is 0 Å². The number of halogens is 2. The van der Waals surface area contributed by atoms with Gasteiger partial charge in [-0.15, -0.1) is 0 Å². The Hall–Kier alpha value is -3.68. The fourth-order valence-electron chi connectivity index (χ4n) is 5.61. The molecule has 1 aromatic heterocycles. The van der Waals surface area contributed by atoms with Gasteiger partial charge in [-0.25, -0.2) is 4.98 Å². The van der Waals surface area contributed by atoms with E-state index >= 15 is 8.78 Å². The van der Waals surface area contributed by atoms with Gasteiger partial charge in [0.05, 0.1) is 12.1 Å². The fourth-order valence-corrected chi connectivity index (χ4v) is 5.84. The third-order valence-corrected chi connectivity index (χ3v) is 7.96. The lowest BCUT2D eigenvalue weighted by Crippen LogP contribution is -2.30. The van der Waals surface area contributed by atoms with Crippen LogP contribution in [0, 0.1) is 0 Å². The molecule has 7 nitrogen and oxygen atoms in total. The van der Waals surface area contributed by atoms with Crippen LogP contribution in [0.5, 0.6) is 0 Å². The first-order chi connectivity index (χ1) is 20.9. The molecular formula is C33H36F2N3O4P. The lowest BCUT2D eigenvalue weighted by molar-refractivity contribution is -0.0208. The van der Waals surface area contributed by atoms with Gasteiger partial charge in [-0.1, -0.05) is 71.1 Å². The Labute approximate surface area is 253 Å². The van der Waals surface area contributed by atoms with E-state index in [4.69, 9.17) is 18.9 Å². The molecule has 6 rings (SSSR count). The summed E-state index contributed by atoms with van der Waals surface area (Å²) >= 11 is 0. The first-order valence-electron chi connectivity index (χ1n) is 14.6. The minimum atomic E-state index is -3.20. The lowest BCUT2D eigenvalue weighted by atomic mass is 10.1. The Morgan fingerprint density at radius 2 is 1.74 bits per heavy atom. The van der Waals surface area contributed by atoms with Crippen molar-refractivity contribution in [3.63, 3.8) is 0 Å². The van der Waals surface area contributed by atoms with Gasteiger partial charge in [0.2, 0.25) is 13.6 Å². The molecule has 43 heavy (non-hydrogen) atoms. The molecule has 2 aliphatic carbocycles. The predicted octanol–water partition coefficient (Wildman–Crippen LogP) is 7.28. The smallest absolute Gasteiger partial charge is 0.302 e. The molecule has 4 aliphatic rings. The van der Waals surface area contributed by atoms with Gasteiger partial charge in [0, 0.05) is 38.2 Å². The van der Waals surface area contributed by atoms with Crippen molar-refractivity contribution in [2.75, 3.05) is 26.7 Å². The number of fused-ring (bicyclic) bond motifs is 2. The Bertz CT molecular complexity index is 1530. The summed E-state index contributed by atoms with van der Waals surface area (Å²) in [5, 5.41) is 0. The van der Waals surface area contributed by atoms with Gasteiger partial charge in [0.25, 0.3) is 0 Å². The second kappa shape index (κ2) is 12.9. The van der Waals surface area contributed by atoms with Crippen molar-refractivity contribution < 1.29 is 27.7 Å². The average Bonchev–Trinajstić information content (AvgIpc) is 3.49. The van der Waals surface area contributed by atoms with Gasteiger partial charge in [-0.05, 0) is 35.8 Å². The number of allylic oxidation sites excluding steroid dienone is 4. The zero-order valence-corrected chi connectivity index (χ0v) is 25.4. The van der Waals surface area contributed by atoms with Crippen molar-refractivity contribution >= 4 is 9.24 Å². The van der Waals surface area contributed by atoms with Gasteiger partial charge >= 0.3 is 5.66 Å². The summed E-state index contributed by atoms with van der Waals surface area (Å²) < 4.78 is 55.2. The summed E-state index contributed by atoms with van der Waals surface area (Å²) in [6, 6.07) is 9.57. The SMILES string of the molecule is CCCCn1c(-c2ccccc2)nc(C(F)(F)P)c1CN(CC1=CC=C2CC(=C1)OCO2)CC1=CC2=C(CC=C1)OCO2. The number of hydrogen-bond acceptors (Lipinski definition) is 6. The van der Waals surface area contributed by atoms with E-state index in [0.717, 1.165) is 52.6 Å². The maximum absolute atomic E-state index is 15.3. The molecule has 1 saturated heterocycles. The minimum Gasteiger partial charge on any atom is -0.461 e. The average molecular weight is 608 g/mol. The predicted molar refractivity (Wildman–Crippen MR) is 163 cm³/mol. The van der Waals surface area contributed by atoms with Crippen LogP contribution in [0.3, 0.4) is 0 Å². The van der Waals surface area contributed by atoms with E-state index in [1.165, 1.54) is 0 Å². The van der Waals surface area contributed by atoms with Gasteiger partial charge in [-0.3, -0.25) is 4.90 Å². The molecule has 2 bridgehead atoms. The fraction of sp³-hybridized carbons (Fsp3) is 0.364. The van der Waals surface area contributed by atoms with Crippen LogP contribution in [0.1, 0.15) is 44.0 Å².